The molecule has 4 heteroatoms. The molecule has 2 aromatic heterocycles. The third kappa shape index (κ3) is 4.94. The number of aromatic nitrogens is 2. The van der Waals surface area contributed by atoms with Gasteiger partial charge in [-0.05, 0) is 130 Å². The molecule has 5 rings (SSSR count). The molecule has 1 unspecified atom stereocenters. The second kappa shape index (κ2) is 11.2. The van der Waals surface area contributed by atoms with Crippen LogP contribution in [0, 0.1) is 27.7 Å². The Morgan fingerprint density at radius 3 is 1.41 bits per heavy atom. The molecule has 0 spiro atoms. The predicted octanol–water partition coefficient (Wildman–Crippen LogP) is 9.45. The molecule has 4 heterocycles. The molecule has 0 saturated heterocycles. The van der Waals surface area contributed by atoms with Crippen LogP contribution < -0.4 is 0 Å². The zero-order valence-corrected chi connectivity index (χ0v) is 26.4. The van der Waals surface area contributed by atoms with Gasteiger partial charge in [0.2, 0.25) is 0 Å². The van der Waals surface area contributed by atoms with E-state index in [0.29, 0.717) is 0 Å². The van der Waals surface area contributed by atoms with Crippen LogP contribution in [-0.2, 0) is 12.8 Å². The quantitative estimate of drug-likeness (QED) is 0.298. The summed E-state index contributed by atoms with van der Waals surface area (Å²) in [5, 5.41) is 0. The highest BCUT2D eigenvalue weighted by atomic mass is 14.8. The Labute approximate surface area is 245 Å². The number of nitrogens with zero attached hydrogens (tertiary/aromatic N) is 2. The van der Waals surface area contributed by atoms with Crippen LogP contribution in [0.15, 0.2) is 74.0 Å². The molecule has 0 amide bonds. The van der Waals surface area contributed by atoms with E-state index in [1.807, 2.05) is 0 Å². The number of hydrogen-bond donors (Lipinski definition) is 2. The van der Waals surface area contributed by atoms with Crippen molar-refractivity contribution in [3.63, 3.8) is 0 Å². The Morgan fingerprint density at radius 1 is 0.634 bits per heavy atom. The van der Waals surface area contributed by atoms with Crippen molar-refractivity contribution < 1.29 is 0 Å². The second-order valence-corrected chi connectivity index (χ2v) is 11.6. The lowest BCUT2D eigenvalue weighted by atomic mass is 9.78. The number of allylic oxidation sites excluding steroid dienone is 4. The normalized spacial score (nSPS) is 18.3. The molecular formula is C37H44N4. The standard InChI is InChI=1S/C37H44N4/c1-11-29-20(3)31(38-24(29)7)18-33-22(5)35(26(9)40-33)37(28-16-14-13-15-17-28)36-23(6)34(41-27(36)10)19-32-21(4)30(12-2)25(8)39-32/h13-19,37-39H,11-12H2,1-10H3/b33-18-,34-19+. The van der Waals surface area contributed by atoms with E-state index in [2.05, 4.69) is 122 Å². The van der Waals surface area contributed by atoms with E-state index in [4.69, 9.17) is 9.98 Å². The first-order valence-corrected chi connectivity index (χ1v) is 14.9. The van der Waals surface area contributed by atoms with E-state index in [-0.39, 0.29) is 5.92 Å². The zero-order chi connectivity index (χ0) is 29.6. The molecule has 0 radical (unpaired) electrons. The van der Waals surface area contributed by atoms with Crippen molar-refractivity contribution in [1.82, 2.24) is 9.97 Å². The van der Waals surface area contributed by atoms with Gasteiger partial charge in [-0.1, -0.05) is 44.2 Å². The maximum Gasteiger partial charge on any atom is 0.0686 e. The van der Waals surface area contributed by atoms with Crippen molar-refractivity contribution >= 4 is 23.6 Å². The Balaban J connectivity index is 1.66. The number of rotatable bonds is 7. The van der Waals surface area contributed by atoms with Gasteiger partial charge in [-0.25, -0.2) is 0 Å². The van der Waals surface area contributed by atoms with Gasteiger partial charge in [0.15, 0.2) is 0 Å². The zero-order valence-electron chi connectivity index (χ0n) is 26.4. The highest BCUT2D eigenvalue weighted by molar-refractivity contribution is 6.11. The maximum atomic E-state index is 5.14. The van der Waals surface area contributed by atoms with E-state index >= 15 is 0 Å². The number of aromatic amines is 2. The van der Waals surface area contributed by atoms with Gasteiger partial charge in [0.1, 0.15) is 0 Å². The fourth-order valence-electron chi connectivity index (χ4n) is 6.98. The summed E-state index contributed by atoms with van der Waals surface area (Å²) >= 11 is 0. The summed E-state index contributed by atoms with van der Waals surface area (Å²) in [4.78, 5) is 17.5. The fourth-order valence-corrected chi connectivity index (χ4v) is 6.98. The molecule has 2 N–H and O–H groups in total. The number of nitrogens with one attached hydrogen (secondary N) is 2. The second-order valence-electron chi connectivity index (χ2n) is 11.6. The van der Waals surface area contributed by atoms with Crippen molar-refractivity contribution in [1.29, 1.82) is 0 Å². The number of hydrogen-bond acceptors (Lipinski definition) is 2. The van der Waals surface area contributed by atoms with Gasteiger partial charge in [0.05, 0.1) is 11.4 Å². The van der Waals surface area contributed by atoms with Crippen molar-refractivity contribution in [2.75, 3.05) is 0 Å². The van der Waals surface area contributed by atoms with Crippen LogP contribution in [0.5, 0.6) is 0 Å². The van der Waals surface area contributed by atoms with Crippen LogP contribution >= 0.6 is 0 Å². The van der Waals surface area contributed by atoms with Crippen LogP contribution in [0.4, 0.5) is 0 Å². The van der Waals surface area contributed by atoms with Crippen molar-refractivity contribution in [3.05, 3.63) is 115 Å². The molecule has 0 bridgehead atoms. The van der Waals surface area contributed by atoms with Crippen LogP contribution in [-0.4, -0.2) is 21.4 Å². The Hall–Kier alpha value is -3.92. The molecular weight excluding hydrogens is 500 g/mol. The van der Waals surface area contributed by atoms with Gasteiger partial charge in [-0.3, -0.25) is 9.98 Å². The summed E-state index contributed by atoms with van der Waals surface area (Å²) in [6.45, 7) is 22.0. The fraction of sp³-hybridized carbons (Fsp3) is 0.351. The van der Waals surface area contributed by atoms with Gasteiger partial charge in [-0.2, -0.15) is 0 Å². The van der Waals surface area contributed by atoms with Gasteiger partial charge in [-0.15, -0.1) is 0 Å². The molecule has 0 fully saturated rings. The molecule has 2 aliphatic heterocycles. The van der Waals surface area contributed by atoms with E-state index in [1.165, 1.54) is 61.5 Å². The van der Waals surface area contributed by atoms with Crippen molar-refractivity contribution in [2.45, 2.75) is 88.0 Å². The molecule has 3 aromatic rings. The lowest BCUT2D eigenvalue weighted by Crippen LogP contribution is -2.15. The minimum Gasteiger partial charge on any atom is -0.359 e. The molecule has 212 valence electrons. The minimum atomic E-state index is 0.0517. The average Bonchev–Trinajstić information content (AvgIpc) is 3.58. The Kier molecular flexibility index (Phi) is 7.78. The minimum absolute atomic E-state index is 0.0517. The van der Waals surface area contributed by atoms with Crippen LogP contribution in [0.1, 0.15) is 98.1 Å². The molecule has 0 aliphatic carbocycles. The van der Waals surface area contributed by atoms with Crippen LogP contribution in [0.25, 0.3) is 12.2 Å². The third-order valence-corrected chi connectivity index (χ3v) is 9.17. The highest BCUT2D eigenvalue weighted by Crippen LogP contribution is 2.45. The maximum absolute atomic E-state index is 5.14. The lowest BCUT2D eigenvalue weighted by Gasteiger charge is -2.23. The summed E-state index contributed by atoms with van der Waals surface area (Å²) in [6.07, 6.45) is 6.52. The summed E-state index contributed by atoms with van der Waals surface area (Å²) < 4.78 is 0. The molecule has 41 heavy (non-hydrogen) atoms. The van der Waals surface area contributed by atoms with E-state index in [1.54, 1.807) is 0 Å². The van der Waals surface area contributed by atoms with Crippen LogP contribution in [0.2, 0.25) is 0 Å². The summed E-state index contributed by atoms with van der Waals surface area (Å²) in [5.74, 6) is 0.0517. The molecule has 4 nitrogen and oxygen atoms in total. The largest absolute Gasteiger partial charge is 0.359 e. The smallest absolute Gasteiger partial charge is 0.0686 e. The van der Waals surface area contributed by atoms with Crippen molar-refractivity contribution in [3.8, 4) is 0 Å². The number of H-pyrrole nitrogens is 2. The van der Waals surface area contributed by atoms with E-state index in [0.717, 1.165) is 47.0 Å². The third-order valence-electron chi connectivity index (χ3n) is 9.17. The SMILES string of the molecule is CCc1c(C)[nH]c(/C=C2\N=C(C)C(C(C3=C(C)/C(=C\c4[nH]c(C)c(CC)c4C)N=C3C)c3ccccc3)=C2C)c1C. The first-order valence-electron chi connectivity index (χ1n) is 14.9. The van der Waals surface area contributed by atoms with Gasteiger partial charge in [0, 0.05) is 40.1 Å². The van der Waals surface area contributed by atoms with Gasteiger partial charge >= 0.3 is 0 Å². The highest BCUT2D eigenvalue weighted by Gasteiger charge is 2.34. The van der Waals surface area contributed by atoms with Crippen LogP contribution in [0.3, 0.4) is 0 Å². The molecule has 2 aliphatic rings. The number of aliphatic imine (C=N–C) groups is 2. The summed E-state index contributed by atoms with van der Waals surface area (Å²) in [7, 11) is 0. The Morgan fingerprint density at radius 2 is 1.05 bits per heavy atom. The molecule has 1 aromatic carbocycles. The molecule has 0 saturated carbocycles. The Bertz CT molecular complexity index is 1600. The summed E-state index contributed by atoms with van der Waals surface area (Å²) in [5.41, 5.74) is 20.8. The van der Waals surface area contributed by atoms with E-state index < -0.39 is 0 Å². The number of benzene rings is 1. The molecule has 1 atom stereocenters. The lowest BCUT2D eigenvalue weighted by molar-refractivity contribution is 0.985. The van der Waals surface area contributed by atoms with E-state index in [9.17, 15) is 0 Å². The monoisotopic (exact) mass is 544 g/mol. The first-order chi connectivity index (χ1) is 19.6. The average molecular weight is 545 g/mol. The van der Waals surface area contributed by atoms with Crippen molar-refractivity contribution in [2.24, 2.45) is 9.98 Å². The van der Waals surface area contributed by atoms with Gasteiger partial charge in [0.25, 0.3) is 0 Å². The topological polar surface area (TPSA) is 56.3 Å². The predicted molar refractivity (Wildman–Crippen MR) is 176 cm³/mol. The first kappa shape index (κ1) is 28.6. The summed E-state index contributed by atoms with van der Waals surface area (Å²) in [6, 6.07) is 10.9. The van der Waals surface area contributed by atoms with Gasteiger partial charge < -0.3 is 9.97 Å². The number of aryl methyl sites for hydroxylation is 2.